The Balaban J connectivity index is 1.69. The number of hydrogen-bond donors (Lipinski definition) is 1. The number of fused-ring (bicyclic) bond motifs is 1. The van der Waals surface area contributed by atoms with Crippen LogP contribution in [0.5, 0.6) is 0 Å². The van der Waals surface area contributed by atoms with E-state index in [1.807, 2.05) is 17.0 Å². The molecular weight excluding hydrogens is 349 g/mol. The van der Waals surface area contributed by atoms with Crippen molar-refractivity contribution in [1.29, 1.82) is 0 Å². The number of nitrogens with zero attached hydrogens (tertiary/aromatic N) is 3. The summed E-state index contributed by atoms with van der Waals surface area (Å²) in [5.41, 5.74) is 2.31. The predicted octanol–water partition coefficient (Wildman–Crippen LogP) is 3.58. The highest BCUT2D eigenvalue weighted by Gasteiger charge is 2.34. The molecule has 0 spiro atoms. The molecule has 0 saturated carbocycles. The van der Waals surface area contributed by atoms with Gasteiger partial charge in [-0.25, -0.2) is 9.18 Å². The van der Waals surface area contributed by atoms with Crippen molar-refractivity contribution in [2.24, 2.45) is 0 Å². The van der Waals surface area contributed by atoms with Crippen LogP contribution in [-0.2, 0) is 0 Å². The van der Waals surface area contributed by atoms with Crippen molar-refractivity contribution in [3.63, 3.8) is 0 Å². The fourth-order valence-corrected chi connectivity index (χ4v) is 4.03. The van der Waals surface area contributed by atoms with Crippen LogP contribution in [0.3, 0.4) is 0 Å². The molecule has 140 valence electrons. The van der Waals surface area contributed by atoms with Crippen LogP contribution in [0.1, 0.15) is 36.1 Å². The number of carboxylic acid groups (broad SMARTS) is 1. The summed E-state index contributed by atoms with van der Waals surface area (Å²) < 4.78 is 17.1. The number of hydrogen-bond acceptors (Lipinski definition) is 2. The summed E-state index contributed by atoms with van der Waals surface area (Å²) in [6.45, 7) is 2.20. The van der Waals surface area contributed by atoms with Crippen molar-refractivity contribution in [2.45, 2.75) is 31.8 Å². The highest BCUT2D eigenvalue weighted by Crippen LogP contribution is 2.38. The molecule has 2 atom stereocenters. The van der Waals surface area contributed by atoms with Crippen LogP contribution in [0.25, 0.3) is 5.69 Å². The Morgan fingerprint density at radius 2 is 2.04 bits per heavy atom. The second kappa shape index (κ2) is 6.57. The molecule has 3 aliphatic rings. The van der Waals surface area contributed by atoms with Gasteiger partial charge in [-0.15, -0.1) is 0 Å². The molecule has 1 amide bonds. The summed E-state index contributed by atoms with van der Waals surface area (Å²) in [6, 6.07) is 7.54. The molecule has 0 unspecified atom stereocenters. The number of piperidine rings is 1. The third kappa shape index (κ3) is 3.09. The van der Waals surface area contributed by atoms with E-state index < -0.39 is 6.09 Å². The van der Waals surface area contributed by atoms with Crippen LogP contribution in [-0.4, -0.2) is 31.8 Å². The van der Waals surface area contributed by atoms with Crippen LogP contribution >= 0.6 is 0 Å². The van der Waals surface area contributed by atoms with E-state index in [1.54, 1.807) is 29.8 Å². The Kier molecular flexibility index (Phi) is 4.22. The fraction of sp³-hybridized carbons (Fsp3) is 0.300. The molecule has 3 heterocycles. The average molecular weight is 369 g/mol. The summed E-state index contributed by atoms with van der Waals surface area (Å²) in [7, 11) is 0. The third-order valence-electron chi connectivity index (χ3n) is 5.41. The number of carbonyl (C=O) groups is 1. The van der Waals surface area contributed by atoms with E-state index in [-0.39, 0.29) is 23.5 Å². The lowest BCUT2D eigenvalue weighted by Gasteiger charge is -2.39. The standard InChI is InChI=1S/C20H20FN3O3/c1-13-10-14(21)2-4-17(13)18-11-15(6-7-24(18)20(26)27)22-8-9-23-16(12-22)3-5-19(23)25/h2-5,8-10,12,15,18H,6-7,11H2,1H3,(H,26,27)/t15-,18+/m0/s1. The predicted molar refractivity (Wildman–Crippen MR) is 98.1 cm³/mol. The number of likely N-dealkylation sites (tertiary alicyclic amines) is 1. The maximum absolute atomic E-state index is 13.5. The van der Waals surface area contributed by atoms with E-state index in [1.165, 1.54) is 23.1 Å². The molecule has 1 N–H and O–H groups in total. The number of rotatable bonds is 2. The van der Waals surface area contributed by atoms with Crippen LogP contribution in [0, 0.1) is 12.7 Å². The lowest BCUT2D eigenvalue weighted by atomic mass is 9.89. The van der Waals surface area contributed by atoms with Gasteiger partial charge in [0.1, 0.15) is 5.82 Å². The fourth-order valence-electron chi connectivity index (χ4n) is 4.03. The van der Waals surface area contributed by atoms with E-state index in [2.05, 4.69) is 0 Å². The summed E-state index contributed by atoms with van der Waals surface area (Å²) in [5, 5.41) is 9.62. The van der Waals surface area contributed by atoms with Crippen molar-refractivity contribution >= 4 is 6.09 Å². The number of aromatic nitrogens is 2. The Labute approximate surface area is 155 Å². The van der Waals surface area contributed by atoms with Crippen molar-refractivity contribution < 1.29 is 14.3 Å². The topological polar surface area (TPSA) is 67.5 Å². The smallest absolute Gasteiger partial charge is 0.407 e. The molecule has 3 aliphatic heterocycles. The molecule has 1 fully saturated rings. The first-order valence-electron chi connectivity index (χ1n) is 8.88. The molecule has 0 radical (unpaired) electrons. The SMILES string of the molecule is Cc1cc(F)ccc1[C@H]1C[C@@H](n2ccn3c(=O)ccc-3c2)CCN1C(=O)O. The quantitative estimate of drug-likeness (QED) is 0.751. The van der Waals surface area contributed by atoms with Crippen molar-refractivity contribution in [1.82, 2.24) is 14.0 Å². The largest absolute Gasteiger partial charge is 0.465 e. The molecule has 27 heavy (non-hydrogen) atoms. The molecule has 1 aromatic carbocycles. The summed E-state index contributed by atoms with van der Waals surface area (Å²) in [6.07, 6.45) is 5.80. The Morgan fingerprint density at radius 3 is 2.78 bits per heavy atom. The lowest BCUT2D eigenvalue weighted by molar-refractivity contribution is 0.0908. The molecular formula is C20H20FN3O3. The van der Waals surface area contributed by atoms with Crippen LogP contribution in [0.4, 0.5) is 9.18 Å². The molecule has 4 rings (SSSR count). The zero-order chi connectivity index (χ0) is 19.1. The second-order valence-corrected chi connectivity index (χ2v) is 7.01. The second-order valence-electron chi connectivity index (χ2n) is 7.01. The minimum Gasteiger partial charge on any atom is -0.465 e. The lowest BCUT2D eigenvalue weighted by Crippen LogP contribution is -2.41. The van der Waals surface area contributed by atoms with Crippen molar-refractivity contribution in [3.05, 3.63) is 76.2 Å². The molecule has 6 nitrogen and oxygen atoms in total. The van der Waals surface area contributed by atoms with Crippen LogP contribution in [0.15, 0.2) is 53.7 Å². The zero-order valence-corrected chi connectivity index (χ0v) is 14.9. The Morgan fingerprint density at radius 1 is 1.22 bits per heavy atom. The van der Waals surface area contributed by atoms with E-state index >= 15 is 0 Å². The highest BCUT2D eigenvalue weighted by molar-refractivity contribution is 5.66. The Hall–Kier alpha value is -3.09. The van der Waals surface area contributed by atoms with Crippen LogP contribution in [0.2, 0.25) is 0 Å². The number of aryl methyl sites for hydroxylation is 1. The van der Waals surface area contributed by atoms with Crippen molar-refractivity contribution in [2.75, 3.05) is 6.54 Å². The van der Waals surface area contributed by atoms with Gasteiger partial charge in [0.25, 0.3) is 5.56 Å². The Bertz CT molecular complexity index is 1030. The first kappa shape index (κ1) is 17.3. The van der Waals surface area contributed by atoms with Gasteiger partial charge in [0, 0.05) is 37.2 Å². The number of halogens is 1. The molecule has 0 bridgehead atoms. The van der Waals surface area contributed by atoms with Gasteiger partial charge in [0.2, 0.25) is 0 Å². The zero-order valence-electron chi connectivity index (χ0n) is 14.9. The number of benzene rings is 1. The molecule has 1 aromatic rings. The van der Waals surface area contributed by atoms with Gasteiger partial charge in [-0.1, -0.05) is 6.07 Å². The monoisotopic (exact) mass is 369 g/mol. The highest BCUT2D eigenvalue weighted by atomic mass is 19.1. The van der Waals surface area contributed by atoms with Crippen LogP contribution < -0.4 is 5.56 Å². The van der Waals surface area contributed by atoms with Gasteiger partial charge < -0.3 is 14.6 Å². The van der Waals surface area contributed by atoms with Gasteiger partial charge in [-0.3, -0.25) is 9.36 Å². The van der Waals surface area contributed by atoms with E-state index in [9.17, 15) is 19.1 Å². The third-order valence-corrected chi connectivity index (χ3v) is 5.41. The van der Waals surface area contributed by atoms with Gasteiger partial charge in [0.15, 0.2) is 0 Å². The van der Waals surface area contributed by atoms with Gasteiger partial charge in [0.05, 0.1) is 11.7 Å². The molecule has 1 saturated heterocycles. The average Bonchev–Trinajstić information content (AvgIpc) is 3.01. The number of amides is 1. The van der Waals surface area contributed by atoms with Crippen molar-refractivity contribution in [3.8, 4) is 5.69 Å². The molecule has 0 aromatic heterocycles. The normalized spacial score (nSPS) is 20.1. The van der Waals surface area contributed by atoms with E-state index in [4.69, 9.17) is 0 Å². The first-order valence-corrected chi connectivity index (χ1v) is 8.88. The maximum Gasteiger partial charge on any atom is 0.407 e. The van der Waals surface area contributed by atoms with Gasteiger partial charge in [-0.2, -0.15) is 0 Å². The summed E-state index contributed by atoms with van der Waals surface area (Å²) in [4.78, 5) is 24.9. The first-order chi connectivity index (χ1) is 12.9. The van der Waals surface area contributed by atoms with Gasteiger partial charge >= 0.3 is 6.09 Å². The molecule has 7 heteroatoms. The molecule has 0 aliphatic carbocycles. The van der Waals surface area contributed by atoms with E-state index in [0.717, 1.165) is 16.8 Å². The minimum atomic E-state index is -0.967. The van der Waals surface area contributed by atoms with Gasteiger partial charge in [-0.05, 0) is 49.1 Å². The minimum absolute atomic E-state index is 0.0716. The summed E-state index contributed by atoms with van der Waals surface area (Å²) >= 11 is 0. The summed E-state index contributed by atoms with van der Waals surface area (Å²) in [5.74, 6) is -0.327. The van der Waals surface area contributed by atoms with E-state index in [0.29, 0.717) is 19.4 Å². The maximum atomic E-state index is 13.5.